The SMILES string of the molecule is O=C1N2C[C@@H](CC[C@H]2C(F)F)N1OS(=O)(=O)[O-].[Na+]. The van der Waals surface area contributed by atoms with Gasteiger partial charge in [0.1, 0.15) is 0 Å². The van der Waals surface area contributed by atoms with Crippen molar-refractivity contribution in [1.29, 1.82) is 0 Å². The van der Waals surface area contributed by atoms with Gasteiger partial charge in [-0.3, -0.25) is 0 Å². The van der Waals surface area contributed by atoms with E-state index in [1.807, 2.05) is 0 Å². The molecule has 2 amide bonds. The first-order chi connectivity index (χ1) is 7.79. The Morgan fingerprint density at radius 2 is 2.00 bits per heavy atom. The number of halogens is 2. The predicted octanol–water partition coefficient (Wildman–Crippen LogP) is -3.08. The molecule has 0 aromatic rings. The van der Waals surface area contributed by atoms with Gasteiger partial charge in [0.25, 0.3) is 6.43 Å². The molecule has 18 heavy (non-hydrogen) atoms. The van der Waals surface area contributed by atoms with Gasteiger partial charge in [0.05, 0.1) is 12.1 Å². The third-order valence-corrected chi connectivity index (χ3v) is 3.17. The van der Waals surface area contributed by atoms with E-state index >= 15 is 0 Å². The number of hydrogen-bond donors (Lipinski definition) is 0. The van der Waals surface area contributed by atoms with E-state index in [0.29, 0.717) is 5.06 Å². The number of alkyl halides is 2. The molecule has 98 valence electrons. The van der Waals surface area contributed by atoms with Crippen LogP contribution >= 0.6 is 0 Å². The van der Waals surface area contributed by atoms with E-state index in [-0.39, 0.29) is 48.9 Å². The van der Waals surface area contributed by atoms with Crippen molar-refractivity contribution in [1.82, 2.24) is 9.96 Å². The molecule has 0 aromatic carbocycles. The molecule has 11 heteroatoms. The largest absolute Gasteiger partial charge is 1.00 e. The van der Waals surface area contributed by atoms with Crippen molar-refractivity contribution >= 4 is 16.4 Å². The number of urea groups is 1. The average Bonchev–Trinajstić information content (AvgIpc) is 2.42. The zero-order valence-electron chi connectivity index (χ0n) is 9.45. The Kier molecular flexibility index (Phi) is 4.95. The second-order valence-electron chi connectivity index (χ2n) is 3.88. The fraction of sp³-hybridized carbons (Fsp3) is 0.857. The van der Waals surface area contributed by atoms with Crippen molar-refractivity contribution in [2.75, 3.05) is 6.54 Å². The van der Waals surface area contributed by atoms with Crippen LogP contribution in [0, 0.1) is 0 Å². The van der Waals surface area contributed by atoms with Gasteiger partial charge in [0, 0.05) is 6.54 Å². The minimum Gasteiger partial charge on any atom is -0.724 e. The van der Waals surface area contributed by atoms with Crippen LogP contribution in [0.15, 0.2) is 0 Å². The zero-order chi connectivity index (χ0) is 12.8. The minimum absolute atomic E-state index is 0. The molecular formula is C7H9F2N2NaO5S. The molecule has 2 aliphatic rings. The number of hydroxylamine groups is 2. The summed E-state index contributed by atoms with van der Waals surface area (Å²) in [5, 5.41) is 0.380. The summed E-state index contributed by atoms with van der Waals surface area (Å²) in [6, 6.07) is -2.92. The molecule has 7 nitrogen and oxygen atoms in total. The third-order valence-electron chi connectivity index (χ3n) is 2.83. The van der Waals surface area contributed by atoms with Crippen LogP contribution in [-0.4, -0.2) is 54.0 Å². The molecule has 2 heterocycles. The van der Waals surface area contributed by atoms with Crippen molar-refractivity contribution < 1.29 is 60.4 Å². The van der Waals surface area contributed by atoms with Gasteiger partial charge < -0.3 is 9.45 Å². The molecule has 2 fully saturated rings. The molecule has 2 atom stereocenters. The summed E-state index contributed by atoms with van der Waals surface area (Å²) in [5.41, 5.74) is 0. The number of piperidine rings is 1. The van der Waals surface area contributed by atoms with E-state index in [1.165, 1.54) is 0 Å². The Labute approximate surface area is 124 Å². The molecule has 0 saturated carbocycles. The monoisotopic (exact) mass is 294 g/mol. The molecule has 2 bridgehead atoms. The van der Waals surface area contributed by atoms with E-state index in [1.54, 1.807) is 0 Å². The summed E-state index contributed by atoms with van der Waals surface area (Å²) in [5.74, 6) is 0. The summed E-state index contributed by atoms with van der Waals surface area (Å²) in [4.78, 5) is 12.4. The van der Waals surface area contributed by atoms with Crippen molar-refractivity contribution in [3.63, 3.8) is 0 Å². The van der Waals surface area contributed by atoms with Crippen LogP contribution in [-0.2, 0) is 14.7 Å². The van der Waals surface area contributed by atoms with Crippen LogP contribution < -0.4 is 29.6 Å². The number of rotatable bonds is 3. The maximum absolute atomic E-state index is 12.6. The summed E-state index contributed by atoms with van der Waals surface area (Å²) >= 11 is 0. The van der Waals surface area contributed by atoms with E-state index in [2.05, 4.69) is 4.28 Å². The van der Waals surface area contributed by atoms with Crippen LogP contribution in [0.1, 0.15) is 12.8 Å². The molecule has 0 aromatic heterocycles. The smallest absolute Gasteiger partial charge is 0.724 e. The Morgan fingerprint density at radius 1 is 1.39 bits per heavy atom. The second kappa shape index (κ2) is 5.55. The maximum atomic E-state index is 12.6. The number of nitrogens with zero attached hydrogens (tertiary/aromatic N) is 2. The van der Waals surface area contributed by atoms with Crippen LogP contribution in [0.4, 0.5) is 13.6 Å². The van der Waals surface area contributed by atoms with Gasteiger partial charge in [-0.25, -0.2) is 22.0 Å². The van der Waals surface area contributed by atoms with Crippen molar-refractivity contribution in [3.8, 4) is 0 Å². The first-order valence-corrected chi connectivity index (χ1v) is 6.16. The summed E-state index contributed by atoms with van der Waals surface area (Å²) < 4.78 is 60.3. The molecule has 0 unspecified atom stereocenters. The van der Waals surface area contributed by atoms with E-state index in [9.17, 15) is 26.5 Å². The van der Waals surface area contributed by atoms with E-state index in [0.717, 1.165) is 4.90 Å². The average molecular weight is 294 g/mol. The Morgan fingerprint density at radius 3 is 2.50 bits per heavy atom. The summed E-state index contributed by atoms with van der Waals surface area (Å²) in [7, 11) is -5.08. The molecular weight excluding hydrogens is 285 g/mol. The maximum Gasteiger partial charge on any atom is 1.00 e. The van der Waals surface area contributed by atoms with Gasteiger partial charge in [-0.2, -0.15) is 9.35 Å². The van der Waals surface area contributed by atoms with Gasteiger partial charge in [-0.15, -0.1) is 0 Å². The minimum atomic E-state index is -5.08. The normalized spacial score (nSPS) is 27.7. The van der Waals surface area contributed by atoms with Gasteiger partial charge in [-0.05, 0) is 12.8 Å². The Bertz CT molecular complexity index is 434. The van der Waals surface area contributed by atoms with Gasteiger partial charge in [-0.1, -0.05) is 0 Å². The van der Waals surface area contributed by atoms with Gasteiger partial charge in [0.15, 0.2) is 0 Å². The van der Waals surface area contributed by atoms with E-state index in [4.69, 9.17) is 0 Å². The fourth-order valence-corrected chi connectivity index (χ4v) is 2.50. The molecule has 0 radical (unpaired) electrons. The second-order valence-corrected chi connectivity index (χ2v) is 4.84. The summed E-state index contributed by atoms with van der Waals surface area (Å²) in [6.07, 6.45) is -2.48. The molecule has 0 spiro atoms. The van der Waals surface area contributed by atoms with Gasteiger partial charge >= 0.3 is 35.6 Å². The first-order valence-electron chi connectivity index (χ1n) is 4.83. The van der Waals surface area contributed by atoms with Gasteiger partial charge in [0.2, 0.25) is 10.4 Å². The molecule has 0 N–H and O–H groups in total. The molecule has 0 aliphatic carbocycles. The van der Waals surface area contributed by atoms with Crippen molar-refractivity contribution in [2.24, 2.45) is 0 Å². The quantitative estimate of drug-likeness (QED) is 0.313. The van der Waals surface area contributed by atoms with Crippen molar-refractivity contribution in [3.05, 3.63) is 0 Å². The topological polar surface area (TPSA) is 90.0 Å². The molecule has 2 rings (SSSR count). The van der Waals surface area contributed by atoms with Crippen LogP contribution in [0.25, 0.3) is 0 Å². The zero-order valence-corrected chi connectivity index (χ0v) is 12.3. The first kappa shape index (κ1) is 16.1. The number of hydrogen-bond acceptors (Lipinski definition) is 5. The van der Waals surface area contributed by atoms with Crippen LogP contribution in [0.5, 0.6) is 0 Å². The fourth-order valence-electron chi connectivity index (χ4n) is 2.12. The van der Waals surface area contributed by atoms with Crippen LogP contribution in [0.2, 0.25) is 0 Å². The summed E-state index contributed by atoms with van der Waals surface area (Å²) in [6.45, 7) is -0.0522. The predicted molar refractivity (Wildman–Crippen MR) is 47.5 cm³/mol. The number of fused-ring (bicyclic) bond motifs is 2. The van der Waals surface area contributed by atoms with E-state index < -0.39 is 34.9 Å². The number of amides is 2. The molecule has 2 saturated heterocycles. The molecule has 2 aliphatic heterocycles. The Hall–Kier alpha value is -0.000000000000000222. The Balaban J connectivity index is 0.00000162. The number of carbonyl (C=O) groups is 1. The van der Waals surface area contributed by atoms with Crippen molar-refractivity contribution in [2.45, 2.75) is 31.4 Å². The third kappa shape index (κ3) is 3.11. The number of carbonyl (C=O) groups excluding carboxylic acids is 1. The standard InChI is InChI=1S/C7H10F2N2O5S.Na/c8-6(9)5-2-1-4-3-10(5)7(12)11(4)16-17(13,14)15;/h4-6H,1-3H2,(H,13,14,15);/q;+1/p-1/t4-,5+;/m1./s1. The van der Waals surface area contributed by atoms with Crippen LogP contribution in [0.3, 0.4) is 0 Å².